The van der Waals surface area contributed by atoms with E-state index in [0.29, 0.717) is 22.2 Å². The highest BCUT2D eigenvalue weighted by molar-refractivity contribution is 6.33. The molecule has 0 spiro atoms. The number of nitrogen functional groups attached to an aromatic ring is 1. The smallest absolute Gasteiger partial charge is 0.251 e. The zero-order chi connectivity index (χ0) is 15.5. The number of anilines is 1. The molecule has 0 atom stereocenters. The van der Waals surface area contributed by atoms with E-state index in [1.54, 1.807) is 18.2 Å². The fourth-order valence-electron chi connectivity index (χ4n) is 3.50. The van der Waals surface area contributed by atoms with Gasteiger partial charge in [-0.3, -0.25) is 4.79 Å². The molecule has 0 heterocycles. The molecule has 1 aromatic carbocycles. The van der Waals surface area contributed by atoms with Gasteiger partial charge in [-0.15, -0.1) is 0 Å². The summed E-state index contributed by atoms with van der Waals surface area (Å²) in [4.78, 5) is 12.3. The molecule has 0 aliphatic heterocycles. The van der Waals surface area contributed by atoms with Gasteiger partial charge < -0.3 is 11.1 Å². The van der Waals surface area contributed by atoms with Gasteiger partial charge in [-0.1, -0.05) is 38.3 Å². The molecule has 2 rings (SSSR count). The Morgan fingerprint density at radius 2 is 2.05 bits per heavy atom. The molecule has 1 amide bonds. The number of nitrogens with two attached hydrogens (primary N) is 1. The third-order valence-corrected chi connectivity index (χ3v) is 4.73. The van der Waals surface area contributed by atoms with Crippen LogP contribution in [-0.4, -0.2) is 12.5 Å². The van der Waals surface area contributed by atoms with Crippen molar-refractivity contribution in [1.82, 2.24) is 5.32 Å². The number of nitrogens with one attached hydrogen (secondary N) is 1. The van der Waals surface area contributed by atoms with Crippen molar-refractivity contribution >= 4 is 23.2 Å². The summed E-state index contributed by atoms with van der Waals surface area (Å²) in [5, 5.41) is 3.58. The van der Waals surface area contributed by atoms with Gasteiger partial charge in [0.25, 0.3) is 5.91 Å². The van der Waals surface area contributed by atoms with Crippen LogP contribution in [0, 0.1) is 11.3 Å². The van der Waals surface area contributed by atoms with E-state index in [9.17, 15) is 4.79 Å². The van der Waals surface area contributed by atoms with Crippen molar-refractivity contribution in [2.45, 2.75) is 46.0 Å². The first kappa shape index (κ1) is 16.2. The van der Waals surface area contributed by atoms with Crippen molar-refractivity contribution in [3.8, 4) is 0 Å². The predicted molar refractivity (Wildman–Crippen MR) is 88.6 cm³/mol. The van der Waals surface area contributed by atoms with Crippen LogP contribution in [-0.2, 0) is 0 Å². The summed E-state index contributed by atoms with van der Waals surface area (Å²) in [6, 6.07) is 5.03. The molecule has 4 heteroatoms. The van der Waals surface area contributed by atoms with Crippen LogP contribution in [0.2, 0.25) is 5.02 Å². The van der Waals surface area contributed by atoms with Crippen molar-refractivity contribution in [2.75, 3.05) is 12.3 Å². The molecule has 1 fully saturated rings. The van der Waals surface area contributed by atoms with Gasteiger partial charge in [-0.25, -0.2) is 0 Å². The Bertz CT molecular complexity index is 508. The lowest BCUT2D eigenvalue weighted by molar-refractivity contribution is 0.0922. The Morgan fingerprint density at radius 3 is 2.62 bits per heavy atom. The van der Waals surface area contributed by atoms with Gasteiger partial charge in [0.1, 0.15) is 0 Å². The van der Waals surface area contributed by atoms with Gasteiger partial charge in [0.15, 0.2) is 0 Å². The summed E-state index contributed by atoms with van der Waals surface area (Å²) in [7, 11) is 0. The zero-order valence-electron chi connectivity index (χ0n) is 12.9. The van der Waals surface area contributed by atoms with E-state index in [-0.39, 0.29) is 11.3 Å². The van der Waals surface area contributed by atoms with E-state index in [0.717, 1.165) is 6.54 Å². The predicted octanol–water partition coefficient (Wildman–Crippen LogP) is 4.26. The number of hydrogen-bond donors (Lipinski definition) is 2. The Labute approximate surface area is 132 Å². The van der Waals surface area contributed by atoms with Crippen LogP contribution in [0.15, 0.2) is 18.2 Å². The normalized spacial score (nSPS) is 17.1. The minimum absolute atomic E-state index is 0.0617. The molecule has 0 aromatic heterocycles. The number of rotatable bonds is 5. The summed E-state index contributed by atoms with van der Waals surface area (Å²) >= 11 is 5.89. The number of carbonyl (C=O) groups is 1. The molecule has 1 aromatic rings. The molecule has 116 valence electrons. The number of amides is 1. The highest BCUT2D eigenvalue weighted by atomic mass is 35.5. The first-order chi connectivity index (χ1) is 9.92. The molecule has 0 unspecified atom stereocenters. The van der Waals surface area contributed by atoms with E-state index in [1.165, 1.54) is 32.1 Å². The third kappa shape index (κ3) is 4.13. The van der Waals surface area contributed by atoms with Crippen LogP contribution in [0.3, 0.4) is 0 Å². The minimum atomic E-state index is -0.0617. The summed E-state index contributed by atoms with van der Waals surface area (Å²) in [5.74, 6) is 0.597. The molecule has 0 bridgehead atoms. The van der Waals surface area contributed by atoms with Crippen LogP contribution >= 0.6 is 11.6 Å². The van der Waals surface area contributed by atoms with Crippen LogP contribution in [0.5, 0.6) is 0 Å². The second kappa shape index (κ2) is 6.69. The average Bonchev–Trinajstić information content (AvgIpc) is 2.87. The SMILES string of the molecule is CC(C)CC1(CNC(=O)c2ccc(Cl)c(N)c2)CCCC1. The number of benzene rings is 1. The first-order valence-corrected chi connectivity index (χ1v) is 8.13. The van der Waals surface area contributed by atoms with Crippen LogP contribution < -0.4 is 11.1 Å². The van der Waals surface area contributed by atoms with Gasteiger partial charge in [-0.05, 0) is 48.8 Å². The van der Waals surface area contributed by atoms with E-state index < -0.39 is 0 Å². The minimum Gasteiger partial charge on any atom is -0.398 e. The van der Waals surface area contributed by atoms with Crippen molar-refractivity contribution in [3.05, 3.63) is 28.8 Å². The molecule has 1 aliphatic rings. The second-order valence-electron chi connectivity index (χ2n) is 6.72. The molecular formula is C17H25ClN2O. The maximum atomic E-state index is 12.3. The highest BCUT2D eigenvalue weighted by Gasteiger charge is 2.34. The fraction of sp³-hybridized carbons (Fsp3) is 0.588. The molecule has 1 saturated carbocycles. The Kier molecular flexibility index (Phi) is 5.15. The average molecular weight is 309 g/mol. The van der Waals surface area contributed by atoms with E-state index >= 15 is 0 Å². The summed E-state index contributed by atoms with van der Waals surface area (Å²) in [6.07, 6.45) is 6.16. The van der Waals surface area contributed by atoms with Crippen molar-refractivity contribution < 1.29 is 4.79 Å². The van der Waals surface area contributed by atoms with E-state index in [2.05, 4.69) is 19.2 Å². The lowest BCUT2D eigenvalue weighted by Gasteiger charge is -2.31. The van der Waals surface area contributed by atoms with Gasteiger partial charge in [0.05, 0.1) is 10.7 Å². The number of carbonyl (C=O) groups excluding carboxylic acids is 1. The maximum Gasteiger partial charge on any atom is 0.251 e. The quantitative estimate of drug-likeness (QED) is 0.799. The van der Waals surface area contributed by atoms with Gasteiger partial charge in [-0.2, -0.15) is 0 Å². The van der Waals surface area contributed by atoms with Gasteiger partial charge in [0.2, 0.25) is 0 Å². The molecule has 1 aliphatic carbocycles. The number of hydrogen-bond acceptors (Lipinski definition) is 2. The first-order valence-electron chi connectivity index (χ1n) is 7.75. The lowest BCUT2D eigenvalue weighted by atomic mass is 9.78. The van der Waals surface area contributed by atoms with Crippen LogP contribution in [0.4, 0.5) is 5.69 Å². The Hall–Kier alpha value is -1.22. The summed E-state index contributed by atoms with van der Waals surface area (Å²) in [6.45, 7) is 5.26. The van der Waals surface area contributed by atoms with Gasteiger partial charge >= 0.3 is 0 Å². The lowest BCUT2D eigenvalue weighted by Crippen LogP contribution is -2.36. The molecule has 3 nitrogen and oxygen atoms in total. The molecule has 0 radical (unpaired) electrons. The Balaban J connectivity index is 2.00. The molecule has 21 heavy (non-hydrogen) atoms. The monoisotopic (exact) mass is 308 g/mol. The van der Waals surface area contributed by atoms with Crippen molar-refractivity contribution in [1.29, 1.82) is 0 Å². The number of halogens is 1. The Morgan fingerprint density at radius 1 is 1.38 bits per heavy atom. The van der Waals surface area contributed by atoms with Gasteiger partial charge in [0, 0.05) is 12.1 Å². The largest absolute Gasteiger partial charge is 0.398 e. The van der Waals surface area contributed by atoms with Crippen LogP contribution in [0.1, 0.15) is 56.3 Å². The van der Waals surface area contributed by atoms with Crippen LogP contribution in [0.25, 0.3) is 0 Å². The van der Waals surface area contributed by atoms with E-state index in [1.807, 2.05) is 0 Å². The third-order valence-electron chi connectivity index (χ3n) is 4.39. The fourth-order valence-corrected chi connectivity index (χ4v) is 3.62. The van der Waals surface area contributed by atoms with Crippen molar-refractivity contribution in [3.63, 3.8) is 0 Å². The highest BCUT2D eigenvalue weighted by Crippen LogP contribution is 2.42. The topological polar surface area (TPSA) is 55.1 Å². The molecule has 3 N–H and O–H groups in total. The standard InChI is InChI=1S/C17H25ClN2O/c1-12(2)10-17(7-3-4-8-17)11-20-16(21)13-5-6-14(18)15(19)9-13/h5-6,9,12H,3-4,7-8,10-11,19H2,1-2H3,(H,20,21). The zero-order valence-corrected chi connectivity index (χ0v) is 13.7. The summed E-state index contributed by atoms with van der Waals surface area (Å²) < 4.78 is 0. The molecular weight excluding hydrogens is 284 g/mol. The van der Waals surface area contributed by atoms with E-state index in [4.69, 9.17) is 17.3 Å². The molecule has 0 saturated heterocycles. The summed E-state index contributed by atoms with van der Waals surface area (Å²) in [5.41, 5.74) is 7.06. The van der Waals surface area contributed by atoms with Crippen molar-refractivity contribution in [2.24, 2.45) is 11.3 Å². The second-order valence-corrected chi connectivity index (χ2v) is 7.13. The maximum absolute atomic E-state index is 12.3.